The number of piperidine rings is 1. The smallest absolute Gasteiger partial charge is 0.237 e. The molecule has 1 aromatic rings. The Bertz CT molecular complexity index is 543. The third-order valence-corrected chi connectivity index (χ3v) is 5.51. The lowest BCUT2D eigenvalue weighted by Crippen LogP contribution is -2.55. The molecule has 0 bridgehead atoms. The first kappa shape index (κ1) is 16.4. The maximum atomic E-state index is 12.6. The topological polar surface area (TPSA) is 70.7 Å². The fourth-order valence-electron chi connectivity index (χ4n) is 3.13. The van der Waals surface area contributed by atoms with Crippen molar-refractivity contribution in [2.75, 3.05) is 26.3 Å². The van der Waals surface area contributed by atoms with Gasteiger partial charge in [0.15, 0.2) is 0 Å². The van der Waals surface area contributed by atoms with E-state index in [2.05, 4.69) is 15.5 Å². The third kappa shape index (κ3) is 3.91. The average Bonchev–Trinajstić information content (AvgIpc) is 3.11. The molecule has 2 N–H and O–H groups in total. The van der Waals surface area contributed by atoms with Gasteiger partial charge in [0.25, 0.3) is 0 Å². The van der Waals surface area contributed by atoms with Crippen LogP contribution in [0.5, 0.6) is 0 Å². The number of morpholine rings is 1. The summed E-state index contributed by atoms with van der Waals surface area (Å²) in [5, 5.41) is 8.15. The molecule has 0 radical (unpaired) electrons. The van der Waals surface area contributed by atoms with Crippen LogP contribution in [0.4, 0.5) is 0 Å². The molecule has 6 nitrogen and oxygen atoms in total. The van der Waals surface area contributed by atoms with Gasteiger partial charge in [0.1, 0.15) is 0 Å². The molecular formula is C16H23N3O3S. The van der Waals surface area contributed by atoms with E-state index in [1.165, 1.54) is 0 Å². The summed E-state index contributed by atoms with van der Waals surface area (Å²) in [6, 6.07) is 3.61. The maximum Gasteiger partial charge on any atom is 0.237 e. The van der Waals surface area contributed by atoms with Crippen LogP contribution in [0.2, 0.25) is 0 Å². The van der Waals surface area contributed by atoms with Crippen molar-refractivity contribution >= 4 is 23.2 Å². The number of ether oxygens (including phenoxy) is 1. The lowest BCUT2D eigenvalue weighted by Gasteiger charge is -2.35. The molecule has 0 aromatic carbocycles. The SMILES string of the molecule is CC(C(=O)N[C@@H]1CCC(=O)N[C@H]1c1cccs1)N1CCOCC1. The number of amides is 2. The zero-order valence-electron chi connectivity index (χ0n) is 13.3. The fourth-order valence-corrected chi connectivity index (χ4v) is 3.97. The molecule has 2 fully saturated rings. The lowest BCUT2D eigenvalue weighted by molar-refractivity contribution is -0.130. The first-order valence-corrected chi connectivity index (χ1v) is 8.98. The minimum atomic E-state index is -0.180. The summed E-state index contributed by atoms with van der Waals surface area (Å²) in [4.78, 5) is 27.6. The van der Waals surface area contributed by atoms with Crippen molar-refractivity contribution in [2.45, 2.75) is 37.9 Å². The van der Waals surface area contributed by atoms with Crippen molar-refractivity contribution < 1.29 is 14.3 Å². The Morgan fingerprint density at radius 1 is 1.48 bits per heavy atom. The summed E-state index contributed by atoms with van der Waals surface area (Å²) in [6.45, 7) is 4.85. The molecule has 7 heteroatoms. The van der Waals surface area contributed by atoms with Gasteiger partial charge in [-0.05, 0) is 24.8 Å². The van der Waals surface area contributed by atoms with E-state index in [1.807, 2.05) is 24.4 Å². The summed E-state index contributed by atoms with van der Waals surface area (Å²) in [5.41, 5.74) is 0. The Kier molecular flexibility index (Phi) is 5.30. The van der Waals surface area contributed by atoms with E-state index in [4.69, 9.17) is 4.74 Å². The maximum absolute atomic E-state index is 12.6. The molecule has 0 spiro atoms. The number of nitrogens with zero attached hydrogens (tertiary/aromatic N) is 1. The monoisotopic (exact) mass is 337 g/mol. The molecule has 3 heterocycles. The lowest BCUT2D eigenvalue weighted by atomic mass is 9.96. The van der Waals surface area contributed by atoms with Gasteiger partial charge in [0.05, 0.1) is 31.3 Å². The van der Waals surface area contributed by atoms with Crippen molar-refractivity contribution in [2.24, 2.45) is 0 Å². The standard InChI is InChI=1S/C16H23N3O3S/c1-11(19-6-8-22-9-7-19)16(21)17-12-4-5-14(20)18-15(12)13-3-2-10-23-13/h2-3,10-12,15H,4-9H2,1H3,(H,17,21)(H,18,20)/t11?,12-,15-/m1/s1. The summed E-state index contributed by atoms with van der Waals surface area (Å²) in [5.74, 6) is 0.0738. The van der Waals surface area contributed by atoms with Gasteiger partial charge in [-0.1, -0.05) is 6.07 Å². The molecule has 1 unspecified atom stereocenters. The summed E-state index contributed by atoms with van der Waals surface area (Å²) >= 11 is 1.61. The number of nitrogens with one attached hydrogen (secondary N) is 2. The van der Waals surface area contributed by atoms with Crippen LogP contribution in [0.1, 0.15) is 30.7 Å². The minimum absolute atomic E-state index is 0.0228. The number of hydrogen-bond acceptors (Lipinski definition) is 5. The second-order valence-electron chi connectivity index (χ2n) is 6.04. The molecule has 3 atom stereocenters. The van der Waals surface area contributed by atoms with Crippen LogP contribution in [-0.4, -0.2) is 55.1 Å². The predicted octanol–water partition coefficient (Wildman–Crippen LogP) is 0.905. The highest BCUT2D eigenvalue weighted by molar-refractivity contribution is 7.10. The quantitative estimate of drug-likeness (QED) is 0.857. The first-order valence-electron chi connectivity index (χ1n) is 8.10. The van der Waals surface area contributed by atoms with Gasteiger partial charge in [0, 0.05) is 24.4 Å². The van der Waals surface area contributed by atoms with Crippen molar-refractivity contribution in [1.29, 1.82) is 0 Å². The van der Waals surface area contributed by atoms with E-state index >= 15 is 0 Å². The Morgan fingerprint density at radius 2 is 2.26 bits per heavy atom. The van der Waals surface area contributed by atoms with Gasteiger partial charge < -0.3 is 15.4 Å². The van der Waals surface area contributed by atoms with Gasteiger partial charge in [-0.2, -0.15) is 0 Å². The van der Waals surface area contributed by atoms with Crippen LogP contribution in [0.15, 0.2) is 17.5 Å². The summed E-state index contributed by atoms with van der Waals surface area (Å²) in [6.07, 6.45) is 1.13. The largest absolute Gasteiger partial charge is 0.379 e. The molecular weight excluding hydrogens is 314 g/mol. The van der Waals surface area contributed by atoms with E-state index in [1.54, 1.807) is 11.3 Å². The number of thiophene rings is 1. The van der Waals surface area contributed by atoms with Crippen molar-refractivity contribution in [3.05, 3.63) is 22.4 Å². The van der Waals surface area contributed by atoms with Crippen LogP contribution in [0.3, 0.4) is 0 Å². The normalized spacial score (nSPS) is 27.3. The molecule has 126 valence electrons. The second kappa shape index (κ2) is 7.42. The number of hydrogen-bond donors (Lipinski definition) is 2. The molecule has 2 aliphatic rings. The van der Waals surface area contributed by atoms with Crippen LogP contribution >= 0.6 is 11.3 Å². The Balaban J connectivity index is 1.64. The van der Waals surface area contributed by atoms with Gasteiger partial charge >= 0.3 is 0 Å². The van der Waals surface area contributed by atoms with Gasteiger partial charge in [-0.15, -0.1) is 11.3 Å². The van der Waals surface area contributed by atoms with Crippen LogP contribution < -0.4 is 10.6 Å². The molecule has 2 aliphatic heterocycles. The number of carbonyl (C=O) groups excluding carboxylic acids is 2. The van der Waals surface area contributed by atoms with Crippen molar-refractivity contribution in [3.8, 4) is 0 Å². The van der Waals surface area contributed by atoms with Crippen LogP contribution in [0.25, 0.3) is 0 Å². The third-order valence-electron chi connectivity index (χ3n) is 4.55. The number of carbonyl (C=O) groups is 2. The predicted molar refractivity (Wildman–Crippen MR) is 88.2 cm³/mol. The molecule has 0 aliphatic carbocycles. The highest BCUT2D eigenvalue weighted by Gasteiger charge is 2.33. The fraction of sp³-hybridized carbons (Fsp3) is 0.625. The van der Waals surface area contributed by atoms with E-state index < -0.39 is 0 Å². The van der Waals surface area contributed by atoms with E-state index in [-0.39, 0.29) is 29.9 Å². The van der Waals surface area contributed by atoms with Crippen molar-refractivity contribution in [3.63, 3.8) is 0 Å². The van der Waals surface area contributed by atoms with Crippen LogP contribution in [-0.2, 0) is 14.3 Å². The molecule has 2 amide bonds. The zero-order chi connectivity index (χ0) is 16.2. The molecule has 1 aromatic heterocycles. The van der Waals surface area contributed by atoms with E-state index in [9.17, 15) is 9.59 Å². The Hall–Kier alpha value is -1.44. The highest BCUT2D eigenvalue weighted by Crippen LogP contribution is 2.27. The Labute approximate surface area is 140 Å². The number of rotatable bonds is 4. The van der Waals surface area contributed by atoms with E-state index in [0.717, 1.165) is 18.0 Å². The molecule has 3 rings (SSSR count). The summed E-state index contributed by atoms with van der Waals surface area (Å²) in [7, 11) is 0. The first-order chi connectivity index (χ1) is 11.1. The van der Waals surface area contributed by atoms with Gasteiger partial charge in [-0.25, -0.2) is 0 Å². The van der Waals surface area contributed by atoms with Gasteiger partial charge in [-0.3, -0.25) is 14.5 Å². The van der Waals surface area contributed by atoms with Crippen LogP contribution in [0, 0.1) is 0 Å². The second-order valence-corrected chi connectivity index (χ2v) is 7.02. The average molecular weight is 337 g/mol. The molecule has 23 heavy (non-hydrogen) atoms. The van der Waals surface area contributed by atoms with E-state index in [0.29, 0.717) is 26.1 Å². The zero-order valence-corrected chi connectivity index (χ0v) is 14.1. The highest BCUT2D eigenvalue weighted by atomic mass is 32.1. The molecule has 0 saturated carbocycles. The van der Waals surface area contributed by atoms with Gasteiger partial charge in [0.2, 0.25) is 11.8 Å². The van der Waals surface area contributed by atoms with Crippen molar-refractivity contribution in [1.82, 2.24) is 15.5 Å². The molecule has 2 saturated heterocycles. The minimum Gasteiger partial charge on any atom is -0.379 e. The summed E-state index contributed by atoms with van der Waals surface area (Å²) < 4.78 is 5.34. The Morgan fingerprint density at radius 3 is 2.96 bits per heavy atom.